The molecule has 0 aromatic carbocycles. The van der Waals surface area contributed by atoms with Crippen LogP contribution in [0.3, 0.4) is 0 Å². The lowest BCUT2D eigenvalue weighted by molar-refractivity contribution is 0.347. The number of hydrogen-bond donors (Lipinski definition) is 3. The normalized spacial score (nSPS) is 36.7. The van der Waals surface area contributed by atoms with E-state index >= 15 is 0 Å². The molecule has 1 aliphatic carbocycles. The maximum Gasteiger partial charge on any atom is 0.0211 e. The maximum absolute atomic E-state index is 5.68. The Morgan fingerprint density at radius 2 is 1.67 bits per heavy atom. The van der Waals surface area contributed by atoms with Crippen molar-refractivity contribution >= 4 is 0 Å². The summed E-state index contributed by atoms with van der Waals surface area (Å²) in [5.41, 5.74) is 8.45. The molecule has 1 rings (SSSR count). The topological polar surface area (TPSA) is 64.1 Å². The molecule has 0 bridgehead atoms. The average Bonchev–Trinajstić information content (AvgIpc) is 1.90. The van der Waals surface area contributed by atoms with Crippen LogP contribution in [-0.2, 0) is 0 Å². The van der Waals surface area contributed by atoms with Crippen molar-refractivity contribution < 1.29 is 0 Å². The van der Waals surface area contributed by atoms with E-state index in [1.807, 2.05) is 0 Å². The van der Waals surface area contributed by atoms with Crippen molar-refractivity contribution in [2.45, 2.75) is 37.8 Å². The first-order valence-electron chi connectivity index (χ1n) is 3.54. The highest BCUT2D eigenvalue weighted by atomic mass is 15.2. The third-order valence-corrected chi connectivity index (χ3v) is 2.01. The molecule has 0 spiro atoms. The van der Waals surface area contributed by atoms with Crippen molar-refractivity contribution in [3.8, 4) is 0 Å². The summed E-state index contributed by atoms with van der Waals surface area (Å²) in [4.78, 5) is 0. The molecule has 1 saturated carbocycles. The van der Waals surface area contributed by atoms with Gasteiger partial charge in [0.2, 0.25) is 0 Å². The Kier molecular flexibility index (Phi) is 2.45. The first kappa shape index (κ1) is 6.99. The van der Waals surface area contributed by atoms with E-state index in [-0.39, 0.29) is 0 Å². The SMILES string of the molecule is NN[C@H]1CC[C@@H](N)CC1. The summed E-state index contributed by atoms with van der Waals surface area (Å²) >= 11 is 0. The fraction of sp³-hybridized carbons (Fsp3) is 1.00. The molecule has 0 unspecified atom stereocenters. The van der Waals surface area contributed by atoms with Gasteiger partial charge in [0.05, 0.1) is 0 Å². The van der Waals surface area contributed by atoms with E-state index < -0.39 is 0 Å². The molecule has 54 valence electrons. The van der Waals surface area contributed by atoms with Crippen LogP contribution in [0.15, 0.2) is 0 Å². The Morgan fingerprint density at radius 3 is 2.11 bits per heavy atom. The van der Waals surface area contributed by atoms with Crippen LogP contribution in [0.2, 0.25) is 0 Å². The molecule has 1 fully saturated rings. The number of hydrogen-bond acceptors (Lipinski definition) is 3. The standard InChI is InChI=1S/C6H15N3/c7-5-1-3-6(9-8)4-2-5/h5-6,9H,1-4,7-8H2/t5-,6+. The van der Waals surface area contributed by atoms with Gasteiger partial charge in [-0.15, -0.1) is 0 Å². The minimum absolute atomic E-state index is 0.426. The third kappa shape index (κ3) is 1.93. The van der Waals surface area contributed by atoms with Gasteiger partial charge in [0.1, 0.15) is 0 Å². The predicted molar refractivity (Wildman–Crippen MR) is 37.6 cm³/mol. The lowest BCUT2D eigenvalue weighted by Crippen LogP contribution is -2.40. The fourth-order valence-electron chi connectivity index (χ4n) is 1.29. The number of nitrogens with one attached hydrogen (secondary N) is 1. The summed E-state index contributed by atoms with van der Waals surface area (Å²) in [6.07, 6.45) is 4.51. The molecular weight excluding hydrogens is 114 g/mol. The molecule has 0 radical (unpaired) electrons. The van der Waals surface area contributed by atoms with Crippen LogP contribution >= 0.6 is 0 Å². The number of rotatable bonds is 1. The van der Waals surface area contributed by atoms with Crippen LogP contribution in [0.1, 0.15) is 25.7 Å². The monoisotopic (exact) mass is 129 g/mol. The Morgan fingerprint density at radius 1 is 1.11 bits per heavy atom. The third-order valence-electron chi connectivity index (χ3n) is 2.01. The molecule has 0 heterocycles. The van der Waals surface area contributed by atoms with Gasteiger partial charge >= 0.3 is 0 Å². The molecule has 3 nitrogen and oxygen atoms in total. The highest BCUT2D eigenvalue weighted by Gasteiger charge is 2.16. The molecule has 0 aromatic rings. The van der Waals surface area contributed by atoms with E-state index in [2.05, 4.69) is 5.43 Å². The molecule has 0 aliphatic heterocycles. The fourth-order valence-corrected chi connectivity index (χ4v) is 1.29. The Bertz CT molecular complexity index is 76.4. The summed E-state index contributed by atoms with van der Waals surface area (Å²) in [6, 6.07) is 0.944. The minimum atomic E-state index is 0.426. The summed E-state index contributed by atoms with van der Waals surface area (Å²) in [5.74, 6) is 5.26. The zero-order valence-corrected chi connectivity index (χ0v) is 5.64. The van der Waals surface area contributed by atoms with Crippen molar-refractivity contribution in [2.24, 2.45) is 11.6 Å². The lowest BCUT2D eigenvalue weighted by Gasteiger charge is -2.24. The minimum Gasteiger partial charge on any atom is -0.328 e. The van der Waals surface area contributed by atoms with Gasteiger partial charge in [-0.2, -0.15) is 0 Å². The van der Waals surface area contributed by atoms with E-state index in [1.165, 1.54) is 0 Å². The molecule has 0 saturated heterocycles. The van der Waals surface area contributed by atoms with Crippen LogP contribution in [0.5, 0.6) is 0 Å². The Balaban J connectivity index is 2.18. The summed E-state index contributed by atoms with van der Waals surface area (Å²) in [5, 5.41) is 0. The van der Waals surface area contributed by atoms with Crippen molar-refractivity contribution in [2.75, 3.05) is 0 Å². The van der Waals surface area contributed by atoms with E-state index in [0.29, 0.717) is 12.1 Å². The van der Waals surface area contributed by atoms with E-state index in [9.17, 15) is 0 Å². The van der Waals surface area contributed by atoms with Crippen molar-refractivity contribution in [1.29, 1.82) is 0 Å². The molecule has 9 heavy (non-hydrogen) atoms. The summed E-state index contributed by atoms with van der Waals surface area (Å²) in [6.45, 7) is 0. The van der Waals surface area contributed by atoms with Gasteiger partial charge in [-0.05, 0) is 25.7 Å². The second-order valence-corrected chi connectivity index (χ2v) is 2.78. The van der Waals surface area contributed by atoms with Crippen molar-refractivity contribution in [3.05, 3.63) is 0 Å². The highest BCUT2D eigenvalue weighted by molar-refractivity contribution is 4.76. The van der Waals surface area contributed by atoms with Crippen LogP contribution in [0.4, 0.5) is 0 Å². The summed E-state index contributed by atoms with van der Waals surface area (Å²) < 4.78 is 0. The van der Waals surface area contributed by atoms with Gasteiger partial charge in [0, 0.05) is 12.1 Å². The second-order valence-electron chi connectivity index (χ2n) is 2.78. The van der Waals surface area contributed by atoms with E-state index in [4.69, 9.17) is 11.6 Å². The molecule has 3 heteroatoms. The van der Waals surface area contributed by atoms with Crippen LogP contribution in [0, 0.1) is 0 Å². The van der Waals surface area contributed by atoms with Crippen LogP contribution in [0.25, 0.3) is 0 Å². The zero-order chi connectivity index (χ0) is 6.69. The van der Waals surface area contributed by atoms with Gasteiger partial charge in [-0.3, -0.25) is 11.3 Å². The number of nitrogens with two attached hydrogens (primary N) is 2. The maximum atomic E-state index is 5.68. The van der Waals surface area contributed by atoms with Gasteiger partial charge in [-0.1, -0.05) is 0 Å². The van der Waals surface area contributed by atoms with E-state index in [0.717, 1.165) is 25.7 Å². The number of hydrazine groups is 1. The largest absolute Gasteiger partial charge is 0.328 e. The molecule has 5 N–H and O–H groups in total. The van der Waals surface area contributed by atoms with Gasteiger partial charge in [0.25, 0.3) is 0 Å². The Labute approximate surface area is 55.8 Å². The van der Waals surface area contributed by atoms with Crippen LogP contribution in [-0.4, -0.2) is 12.1 Å². The van der Waals surface area contributed by atoms with Crippen molar-refractivity contribution in [1.82, 2.24) is 5.43 Å². The summed E-state index contributed by atoms with van der Waals surface area (Å²) in [7, 11) is 0. The first-order chi connectivity index (χ1) is 4.33. The smallest absolute Gasteiger partial charge is 0.0211 e. The van der Waals surface area contributed by atoms with Crippen molar-refractivity contribution in [3.63, 3.8) is 0 Å². The van der Waals surface area contributed by atoms with Gasteiger partial charge < -0.3 is 5.73 Å². The molecule has 0 aromatic heterocycles. The average molecular weight is 129 g/mol. The molecular formula is C6H15N3. The lowest BCUT2D eigenvalue weighted by atomic mass is 9.92. The quantitative estimate of drug-likeness (QED) is 0.337. The zero-order valence-electron chi connectivity index (χ0n) is 5.64. The predicted octanol–water partition coefficient (Wildman–Crippen LogP) is -0.280. The van der Waals surface area contributed by atoms with E-state index in [1.54, 1.807) is 0 Å². The van der Waals surface area contributed by atoms with Gasteiger partial charge in [-0.25, -0.2) is 0 Å². The van der Waals surface area contributed by atoms with Crippen LogP contribution < -0.4 is 17.0 Å². The first-order valence-corrected chi connectivity index (χ1v) is 3.54. The molecule has 0 atom stereocenters. The highest BCUT2D eigenvalue weighted by Crippen LogP contribution is 2.15. The Hall–Kier alpha value is -0.120. The molecule has 1 aliphatic rings. The molecule has 0 amide bonds. The second kappa shape index (κ2) is 3.15. The van der Waals surface area contributed by atoms with Gasteiger partial charge in [0.15, 0.2) is 0 Å².